The molecule has 224 valence electrons. The fraction of sp³-hybridized carbons (Fsp3) is 0.438. The highest BCUT2D eigenvalue weighted by Gasteiger charge is 2.37. The third-order valence-corrected chi connectivity index (χ3v) is 8.34. The predicted molar refractivity (Wildman–Crippen MR) is 157 cm³/mol. The van der Waals surface area contributed by atoms with Crippen molar-refractivity contribution in [3.05, 3.63) is 76.6 Å². The molecule has 0 unspecified atom stereocenters. The van der Waals surface area contributed by atoms with Gasteiger partial charge in [-0.2, -0.15) is 0 Å². The Bertz CT molecular complexity index is 1430. The number of halogens is 1. The van der Waals surface area contributed by atoms with Gasteiger partial charge in [0.05, 0.1) is 50.3 Å². The molecule has 1 aromatic heterocycles. The van der Waals surface area contributed by atoms with Gasteiger partial charge in [0.15, 0.2) is 11.5 Å². The molecule has 3 heterocycles. The van der Waals surface area contributed by atoms with Crippen LogP contribution in [0.15, 0.2) is 54.7 Å². The van der Waals surface area contributed by atoms with Crippen LogP contribution in [0.1, 0.15) is 68.1 Å². The molecular weight excluding hydrogens is 560 g/mol. The average Bonchev–Trinajstić information content (AvgIpc) is 3.42. The van der Waals surface area contributed by atoms with Gasteiger partial charge in [-0.25, -0.2) is 0 Å². The topological polar surface area (TPSA) is 99.5 Å². The molecule has 0 radical (unpaired) electrons. The molecule has 1 fully saturated rings. The molecule has 10 heteroatoms. The van der Waals surface area contributed by atoms with Crippen molar-refractivity contribution in [3.63, 3.8) is 0 Å². The van der Waals surface area contributed by atoms with Crippen molar-refractivity contribution < 1.29 is 33.6 Å². The maximum absolute atomic E-state index is 13.3. The van der Waals surface area contributed by atoms with Crippen molar-refractivity contribution in [2.24, 2.45) is 0 Å². The van der Waals surface area contributed by atoms with Gasteiger partial charge in [-0.1, -0.05) is 23.7 Å². The van der Waals surface area contributed by atoms with E-state index in [-0.39, 0.29) is 25.4 Å². The minimum atomic E-state index is -1.15. The van der Waals surface area contributed by atoms with Crippen molar-refractivity contribution in [3.8, 4) is 17.2 Å². The predicted octanol–water partition coefficient (Wildman–Crippen LogP) is 5.40. The number of rotatable bonds is 9. The number of piperidine rings is 1. The normalized spacial score (nSPS) is 19.3. The van der Waals surface area contributed by atoms with E-state index in [1.807, 2.05) is 54.7 Å². The summed E-state index contributed by atoms with van der Waals surface area (Å²) in [6.07, 6.45) is 2.32. The molecular formula is C32H37ClN2O7. The van der Waals surface area contributed by atoms with Gasteiger partial charge in [0.1, 0.15) is 6.10 Å². The lowest BCUT2D eigenvalue weighted by Crippen LogP contribution is -2.47. The van der Waals surface area contributed by atoms with Gasteiger partial charge >= 0.3 is 5.97 Å². The lowest BCUT2D eigenvalue weighted by Gasteiger charge is -2.37. The number of likely N-dealkylation sites (tertiary alicyclic amines) is 1. The molecule has 2 aliphatic heterocycles. The number of hydrogen-bond donors (Lipinski definition) is 1. The van der Waals surface area contributed by atoms with Gasteiger partial charge in [0.2, 0.25) is 5.91 Å². The van der Waals surface area contributed by atoms with Crippen LogP contribution < -0.4 is 9.47 Å². The van der Waals surface area contributed by atoms with Crippen LogP contribution in [0.25, 0.3) is 5.69 Å². The number of aliphatic hydroxyl groups is 1. The zero-order valence-electron chi connectivity index (χ0n) is 24.2. The van der Waals surface area contributed by atoms with E-state index in [1.54, 1.807) is 26.0 Å². The van der Waals surface area contributed by atoms with Crippen LogP contribution in [0.2, 0.25) is 5.02 Å². The molecule has 1 saturated heterocycles. The van der Waals surface area contributed by atoms with Crippen molar-refractivity contribution in [1.82, 2.24) is 9.47 Å². The Morgan fingerprint density at radius 1 is 1.07 bits per heavy atom. The minimum Gasteiger partial charge on any atom is -0.493 e. The first-order valence-corrected chi connectivity index (χ1v) is 14.6. The van der Waals surface area contributed by atoms with E-state index in [0.29, 0.717) is 48.9 Å². The second-order valence-corrected chi connectivity index (χ2v) is 11.2. The van der Waals surface area contributed by atoms with Crippen LogP contribution in [0.4, 0.5) is 0 Å². The summed E-state index contributed by atoms with van der Waals surface area (Å²) in [4.78, 5) is 27.0. The summed E-state index contributed by atoms with van der Waals surface area (Å²) < 4.78 is 25.3. The van der Waals surface area contributed by atoms with Crippen LogP contribution in [-0.2, 0) is 19.1 Å². The molecule has 2 atom stereocenters. The average molecular weight is 597 g/mol. The number of amides is 1. The summed E-state index contributed by atoms with van der Waals surface area (Å²) >= 11 is 6.49. The van der Waals surface area contributed by atoms with Gasteiger partial charge in [0, 0.05) is 41.9 Å². The van der Waals surface area contributed by atoms with E-state index >= 15 is 0 Å². The number of aromatic nitrogens is 1. The van der Waals surface area contributed by atoms with E-state index in [9.17, 15) is 14.7 Å². The number of esters is 1. The van der Waals surface area contributed by atoms with Gasteiger partial charge in [0.25, 0.3) is 0 Å². The largest absolute Gasteiger partial charge is 0.493 e. The number of ether oxygens (including phenoxy) is 4. The molecule has 3 aromatic rings. The quantitative estimate of drug-likeness (QED) is 0.330. The maximum atomic E-state index is 13.3. The number of benzene rings is 2. The van der Waals surface area contributed by atoms with Gasteiger partial charge in [-0.3, -0.25) is 9.59 Å². The summed E-state index contributed by atoms with van der Waals surface area (Å²) in [6, 6.07) is 15.4. The summed E-state index contributed by atoms with van der Waals surface area (Å²) in [5.74, 6) is 0.722. The fourth-order valence-electron chi connectivity index (χ4n) is 5.96. The zero-order chi connectivity index (χ0) is 29.9. The monoisotopic (exact) mass is 596 g/mol. The van der Waals surface area contributed by atoms with E-state index in [2.05, 4.69) is 4.57 Å². The van der Waals surface area contributed by atoms with E-state index < -0.39 is 23.8 Å². The lowest BCUT2D eigenvalue weighted by molar-refractivity contribution is -0.151. The summed E-state index contributed by atoms with van der Waals surface area (Å²) in [5, 5.41) is 11.4. The van der Waals surface area contributed by atoms with E-state index in [0.717, 1.165) is 22.5 Å². The standard InChI is InChI=1S/C32H37ClN2O7/c1-4-41-29(37)20-32(38)14-17-34(18-15-32)28(36)13-12-26-25-8-6-16-35(25)24-11-10-21(33)19-23(24)30(42-26)22-7-5-9-27(39-2)31(22)40-3/h5-11,16,19,26,30,38H,4,12-15,17-18,20H2,1-3H3/t26-,30-/m1/s1. The number of hydrogen-bond acceptors (Lipinski definition) is 7. The highest BCUT2D eigenvalue weighted by atomic mass is 35.5. The third kappa shape index (κ3) is 6.14. The Labute approximate surface area is 250 Å². The third-order valence-electron chi connectivity index (χ3n) is 8.10. The molecule has 9 nitrogen and oxygen atoms in total. The Morgan fingerprint density at radius 3 is 2.57 bits per heavy atom. The highest BCUT2D eigenvalue weighted by molar-refractivity contribution is 6.30. The number of carbonyl (C=O) groups excluding carboxylic acids is 2. The van der Waals surface area contributed by atoms with Crippen molar-refractivity contribution in [2.45, 2.75) is 56.8 Å². The van der Waals surface area contributed by atoms with E-state index in [4.69, 9.17) is 30.5 Å². The fourth-order valence-corrected chi connectivity index (χ4v) is 6.14. The van der Waals surface area contributed by atoms with Crippen LogP contribution in [0.3, 0.4) is 0 Å². The Kier molecular flexibility index (Phi) is 9.11. The van der Waals surface area contributed by atoms with Gasteiger partial charge < -0.3 is 33.5 Å². The van der Waals surface area contributed by atoms with Gasteiger partial charge in [-0.05, 0) is 62.6 Å². The van der Waals surface area contributed by atoms with Crippen molar-refractivity contribution in [2.75, 3.05) is 33.9 Å². The highest BCUT2D eigenvalue weighted by Crippen LogP contribution is 2.46. The zero-order valence-corrected chi connectivity index (χ0v) is 24.9. The summed E-state index contributed by atoms with van der Waals surface area (Å²) in [7, 11) is 3.20. The number of nitrogens with zero attached hydrogens (tertiary/aromatic N) is 2. The lowest BCUT2D eigenvalue weighted by atomic mass is 9.88. The molecule has 1 amide bonds. The molecule has 0 aliphatic carbocycles. The molecule has 0 saturated carbocycles. The molecule has 2 aromatic carbocycles. The maximum Gasteiger partial charge on any atom is 0.308 e. The van der Waals surface area contributed by atoms with Crippen LogP contribution in [-0.4, -0.2) is 66.0 Å². The number of methoxy groups -OCH3 is 2. The molecule has 42 heavy (non-hydrogen) atoms. The molecule has 5 rings (SSSR count). The second kappa shape index (κ2) is 12.8. The van der Waals surface area contributed by atoms with Crippen molar-refractivity contribution >= 4 is 23.5 Å². The Morgan fingerprint density at radius 2 is 1.86 bits per heavy atom. The number of para-hydroxylation sites is 1. The van der Waals surface area contributed by atoms with Gasteiger partial charge in [-0.15, -0.1) is 0 Å². The molecule has 0 spiro atoms. The van der Waals surface area contributed by atoms with Crippen LogP contribution in [0, 0.1) is 0 Å². The first-order chi connectivity index (χ1) is 20.3. The summed E-state index contributed by atoms with van der Waals surface area (Å²) in [5.41, 5.74) is 2.37. The van der Waals surface area contributed by atoms with Crippen LogP contribution >= 0.6 is 11.6 Å². The SMILES string of the molecule is CCOC(=O)CC1(O)CCN(C(=O)CC[C@H]2O[C@H](c3cccc(OC)c3OC)c3cc(Cl)ccc3-n3cccc32)CC1. The minimum absolute atomic E-state index is 0.0183. The Hall–Kier alpha value is -3.53. The second-order valence-electron chi connectivity index (χ2n) is 10.7. The first-order valence-electron chi connectivity index (χ1n) is 14.3. The Balaban J connectivity index is 1.37. The number of fused-ring (bicyclic) bond motifs is 3. The molecule has 0 bridgehead atoms. The van der Waals surface area contributed by atoms with Crippen molar-refractivity contribution in [1.29, 1.82) is 0 Å². The number of carbonyl (C=O) groups is 2. The molecule has 2 aliphatic rings. The first kappa shape index (κ1) is 29.9. The van der Waals surface area contributed by atoms with E-state index in [1.165, 1.54) is 0 Å². The van der Waals surface area contributed by atoms with Crippen LogP contribution in [0.5, 0.6) is 11.5 Å². The molecule has 1 N–H and O–H groups in total. The summed E-state index contributed by atoms with van der Waals surface area (Å²) in [6.45, 7) is 2.77. The smallest absolute Gasteiger partial charge is 0.308 e.